The van der Waals surface area contributed by atoms with Crippen molar-refractivity contribution < 1.29 is 4.42 Å². The average molecular weight is 624 g/mol. The van der Waals surface area contributed by atoms with Crippen LogP contribution in [0.25, 0.3) is 71.7 Å². The number of fused-ring (bicyclic) bond motifs is 10. The van der Waals surface area contributed by atoms with E-state index in [2.05, 4.69) is 120 Å². The molecule has 0 amide bonds. The van der Waals surface area contributed by atoms with Crippen molar-refractivity contribution in [2.75, 3.05) is 0 Å². The molecule has 4 nitrogen and oxygen atoms in total. The normalized spacial score (nSPS) is 13.5. The van der Waals surface area contributed by atoms with Crippen LogP contribution in [-0.4, -0.2) is 4.57 Å². The van der Waals surface area contributed by atoms with Gasteiger partial charge in [-0.3, -0.25) is 0 Å². The third-order valence-electron chi connectivity index (χ3n) is 10.1. The molecule has 226 valence electrons. The van der Waals surface area contributed by atoms with Crippen LogP contribution in [0.4, 0.5) is 0 Å². The molecule has 0 N–H and O–H groups in total. The van der Waals surface area contributed by atoms with Gasteiger partial charge in [-0.25, -0.2) is 0 Å². The third kappa shape index (κ3) is 3.96. The van der Waals surface area contributed by atoms with E-state index in [1.165, 1.54) is 21.8 Å². The minimum atomic E-state index is -0.126. The van der Waals surface area contributed by atoms with Gasteiger partial charge in [0.1, 0.15) is 11.2 Å². The quantitative estimate of drug-likeness (QED) is 0.197. The highest BCUT2D eigenvalue weighted by atomic mass is 16.3. The maximum Gasteiger partial charge on any atom is 0.143 e. The predicted molar refractivity (Wildman–Crippen MR) is 196 cm³/mol. The van der Waals surface area contributed by atoms with Crippen molar-refractivity contribution >= 4 is 43.7 Å². The average Bonchev–Trinajstić information content (AvgIpc) is 3.82. The van der Waals surface area contributed by atoms with Crippen molar-refractivity contribution in [1.29, 1.82) is 10.5 Å². The van der Waals surface area contributed by atoms with Crippen LogP contribution >= 0.6 is 0 Å². The Hall–Kier alpha value is -6.88. The molecule has 4 heteroatoms. The lowest BCUT2D eigenvalue weighted by molar-refractivity contribution is 0.670. The van der Waals surface area contributed by atoms with Crippen LogP contribution in [0, 0.1) is 22.7 Å². The SMILES string of the molecule is N#Cc1cc(-c2ccc(-n3c4ccccc4c4ccccc43)cc2)cc(C2c3ccc(C#N)cc3-c3c2ccc2c3oc3ccccc32)c1. The fourth-order valence-electron chi connectivity index (χ4n) is 8.00. The highest BCUT2D eigenvalue weighted by Gasteiger charge is 2.34. The minimum Gasteiger partial charge on any atom is -0.455 e. The lowest BCUT2D eigenvalue weighted by Crippen LogP contribution is -2.01. The molecular weight excluding hydrogens is 599 g/mol. The summed E-state index contributed by atoms with van der Waals surface area (Å²) in [6.07, 6.45) is 0. The first-order valence-corrected chi connectivity index (χ1v) is 16.3. The number of hydrogen-bond acceptors (Lipinski definition) is 3. The standard InChI is InChI=1S/C45H25N3O/c46-25-27-13-18-36-39(23-27)44-38(20-19-37-35-9-3-6-12-42(35)49-45(37)44)43(36)31-22-28(26-47)21-30(24-31)29-14-16-32(17-15-29)48-40-10-4-1-7-33(40)34-8-2-5-11-41(34)48/h1-24,43H. The van der Waals surface area contributed by atoms with E-state index in [1.54, 1.807) is 0 Å². The summed E-state index contributed by atoms with van der Waals surface area (Å²) < 4.78 is 8.82. The second-order valence-electron chi connectivity index (χ2n) is 12.7. The zero-order valence-corrected chi connectivity index (χ0v) is 26.2. The number of furan rings is 1. The molecule has 0 aliphatic heterocycles. The summed E-state index contributed by atoms with van der Waals surface area (Å²) in [7, 11) is 0. The van der Waals surface area contributed by atoms with Crippen LogP contribution in [0.2, 0.25) is 0 Å². The molecule has 0 radical (unpaired) electrons. The topological polar surface area (TPSA) is 65.7 Å². The van der Waals surface area contributed by atoms with Gasteiger partial charge < -0.3 is 8.98 Å². The highest BCUT2D eigenvalue weighted by Crippen LogP contribution is 2.52. The first-order chi connectivity index (χ1) is 24.2. The summed E-state index contributed by atoms with van der Waals surface area (Å²) in [6.45, 7) is 0. The molecule has 1 aliphatic rings. The summed E-state index contributed by atoms with van der Waals surface area (Å²) in [4.78, 5) is 0. The monoisotopic (exact) mass is 623 g/mol. The fraction of sp³-hybridized carbons (Fsp3) is 0.0222. The molecule has 1 unspecified atom stereocenters. The van der Waals surface area contributed by atoms with Crippen molar-refractivity contribution in [2.45, 2.75) is 5.92 Å². The van der Waals surface area contributed by atoms with E-state index >= 15 is 0 Å². The number of para-hydroxylation sites is 3. The van der Waals surface area contributed by atoms with Crippen molar-refractivity contribution in [3.63, 3.8) is 0 Å². The van der Waals surface area contributed by atoms with Gasteiger partial charge in [0.05, 0.1) is 34.3 Å². The van der Waals surface area contributed by atoms with Gasteiger partial charge in [-0.15, -0.1) is 0 Å². The van der Waals surface area contributed by atoms with Crippen LogP contribution in [0.5, 0.6) is 0 Å². The Bertz CT molecular complexity index is 2860. The third-order valence-corrected chi connectivity index (χ3v) is 10.1. The molecular formula is C45H25N3O. The van der Waals surface area contributed by atoms with E-state index < -0.39 is 0 Å². The van der Waals surface area contributed by atoms with E-state index in [9.17, 15) is 10.5 Å². The van der Waals surface area contributed by atoms with E-state index in [0.29, 0.717) is 11.1 Å². The Morgan fingerprint density at radius 3 is 1.94 bits per heavy atom. The van der Waals surface area contributed by atoms with Gasteiger partial charge in [-0.2, -0.15) is 10.5 Å². The Balaban J connectivity index is 1.13. The van der Waals surface area contributed by atoms with Crippen LogP contribution < -0.4 is 0 Å². The summed E-state index contributed by atoms with van der Waals surface area (Å²) in [6, 6.07) is 54.9. The largest absolute Gasteiger partial charge is 0.455 e. The Kier molecular flexibility index (Phi) is 5.73. The van der Waals surface area contributed by atoms with Gasteiger partial charge in [0.25, 0.3) is 0 Å². The summed E-state index contributed by atoms with van der Waals surface area (Å²) in [5.74, 6) is -0.126. The van der Waals surface area contributed by atoms with Crippen LogP contribution in [0.1, 0.15) is 33.7 Å². The maximum atomic E-state index is 10.2. The molecule has 0 spiro atoms. The molecule has 0 saturated carbocycles. The van der Waals surface area contributed by atoms with Gasteiger partial charge in [-0.1, -0.05) is 91.0 Å². The number of rotatable bonds is 3. The Labute approximate surface area is 281 Å². The fourth-order valence-corrected chi connectivity index (χ4v) is 8.00. The number of aromatic nitrogens is 1. The molecule has 0 bridgehead atoms. The van der Waals surface area contributed by atoms with Crippen LogP contribution in [0.3, 0.4) is 0 Å². The Morgan fingerprint density at radius 1 is 0.531 bits per heavy atom. The van der Waals surface area contributed by atoms with Gasteiger partial charge in [0, 0.05) is 38.7 Å². The van der Waals surface area contributed by atoms with Gasteiger partial charge >= 0.3 is 0 Å². The molecule has 2 aromatic heterocycles. The summed E-state index contributed by atoms with van der Waals surface area (Å²) in [5, 5.41) is 24.6. The molecule has 49 heavy (non-hydrogen) atoms. The molecule has 1 aliphatic carbocycles. The predicted octanol–water partition coefficient (Wildman–Crippen LogP) is 11.3. The van der Waals surface area contributed by atoms with Crippen molar-refractivity contribution in [1.82, 2.24) is 4.57 Å². The molecule has 0 saturated heterocycles. The maximum absolute atomic E-state index is 10.2. The molecule has 0 fully saturated rings. The first kappa shape index (κ1) is 27.3. The Morgan fingerprint density at radius 2 is 1.20 bits per heavy atom. The van der Waals surface area contributed by atoms with E-state index in [0.717, 1.165) is 66.6 Å². The van der Waals surface area contributed by atoms with Crippen molar-refractivity contribution in [2.24, 2.45) is 0 Å². The highest BCUT2D eigenvalue weighted by molar-refractivity contribution is 6.12. The van der Waals surface area contributed by atoms with Crippen molar-refractivity contribution in [3.8, 4) is 40.1 Å². The van der Waals surface area contributed by atoms with Crippen LogP contribution in [-0.2, 0) is 0 Å². The second-order valence-corrected chi connectivity index (χ2v) is 12.7. The summed E-state index contributed by atoms with van der Waals surface area (Å²) in [5.41, 5.74) is 13.6. The van der Waals surface area contributed by atoms with E-state index in [-0.39, 0.29) is 5.92 Å². The lowest BCUT2D eigenvalue weighted by atomic mass is 9.86. The molecule has 2 heterocycles. The zero-order chi connectivity index (χ0) is 32.6. The number of nitrogens with zero attached hydrogens (tertiary/aromatic N) is 3. The number of hydrogen-bond donors (Lipinski definition) is 0. The second kappa shape index (κ2) is 10.3. The molecule has 10 rings (SSSR count). The van der Waals surface area contributed by atoms with Crippen LogP contribution in [0.15, 0.2) is 150 Å². The number of benzene rings is 7. The van der Waals surface area contributed by atoms with E-state index in [1.807, 2.05) is 42.5 Å². The first-order valence-electron chi connectivity index (χ1n) is 16.3. The van der Waals surface area contributed by atoms with Gasteiger partial charge in [-0.05, 0) is 88.0 Å². The lowest BCUT2D eigenvalue weighted by Gasteiger charge is -2.17. The van der Waals surface area contributed by atoms with Crippen molar-refractivity contribution in [3.05, 3.63) is 173 Å². The minimum absolute atomic E-state index is 0.126. The summed E-state index contributed by atoms with van der Waals surface area (Å²) >= 11 is 0. The van der Waals surface area contributed by atoms with E-state index in [4.69, 9.17) is 4.42 Å². The van der Waals surface area contributed by atoms with Gasteiger partial charge in [0.15, 0.2) is 0 Å². The molecule has 7 aromatic carbocycles. The van der Waals surface area contributed by atoms with Gasteiger partial charge in [0.2, 0.25) is 0 Å². The molecule has 9 aromatic rings. The molecule has 1 atom stereocenters. The smallest absolute Gasteiger partial charge is 0.143 e. The zero-order valence-electron chi connectivity index (χ0n) is 26.2. The number of nitriles is 2.